The van der Waals surface area contributed by atoms with Gasteiger partial charge in [0.2, 0.25) is 0 Å². The Morgan fingerprint density at radius 3 is 2.41 bits per heavy atom. The molecule has 2 N–H and O–H groups in total. The third-order valence-corrected chi connectivity index (χ3v) is 3.10. The average molecular weight is 299 g/mol. The molecule has 0 aliphatic rings. The third-order valence-electron chi connectivity index (χ3n) is 3.10. The lowest BCUT2D eigenvalue weighted by Gasteiger charge is -2.16. The Hall–Kier alpha value is -2.82. The normalized spacial score (nSPS) is 11.5. The summed E-state index contributed by atoms with van der Waals surface area (Å²) in [5, 5.41) is 11.8. The topological polar surface area (TPSA) is 75.6 Å². The molecule has 2 aromatic rings. The maximum absolute atomic E-state index is 12.0. The fourth-order valence-corrected chi connectivity index (χ4v) is 1.92. The molecule has 0 bridgehead atoms. The number of rotatable bonds is 6. The van der Waals surface area contributed by atoms with Crippen LogP contribution in [-0.2, 0) is 11.3 Å². The molecule has 0 unspecified atom stereocenters. The van der Waals surface area contributed by atoms with Gasteiger partial charge in [0.1, 0.15) is 11.3 Å². The number of amides is 1. The lowest BCUT2D eigenvalue weighted by molar-refractivity contribution is -0.127. The minimum Gasteiger partial charge on any atom is -0.480 e. The number of benzene rings is 2. The van der Waals surface area contributed by atoms with E-state index in [2.05, 4.69) is 5.32 Å². The zero-order valence-electron chi connectivity index (χ0n) is 12.2. The van der Waals surface area contributed by atoms with Crippen molar-refractivity contribution in [2.75, 3.05) is 0 Å². The Bertz CT molecular complexity index is 655. The van der Waals surface area contributed by atoms with Gasteiger partial charge in [-0.3, -0.25) is 4.79 Å². The van der Waals surface area contributed by atoms with Crippen LogP contribution in [0.2, 0.25) is 0 Å². The predicted molar refractivity (Wildman–Crippen MR) is 81.8 cm³/mol. The first kappa shape index (κ1) is 15.6. The maximum Gasteiger partial charge on any atom is 0.339 e. The molecule has 0 saturated carbocycles. The number of hydrogen-bond acceptors (Lipinski definition) is 3. The highest BCUT2D eigenvalue weighted by atomic mass is 16.5. The molecular weight excluding hydrogens is 282 g/mol. The van der Waals surface area contributed by atoms with Crippen molar-refractivity contribution in [1.29, 1.82) is 0 Å². The van der Waals surface area contributed by atoms with E-state index in [-0.39, 0.29) is 17.2 Å². The number of carbonyl (C=O) groups is 2. The molecule has 0 aromatic heterocycles. The van der Waals surface area contributed by atoms with Crippen molar-refractivity contribution in [2.45, 2.75) is 19.6 Å². The number of hydrogen-bond donors (Lipinski definition) is 2. The van der Waals surface area contributed by atoms with Crippen molar-refractivity contribution >= 4 is 11.9 Å². The van der Waals surface area contributed by atoms with Crippen LogP contribution >= 0.6 is 0 Å². The first-order valence-corrected chi connectivity index (χ1v) is 6.88. The monoisotopic (exact) mass is 299 g/mol. The number of ether oxygens (including phenoxy) is 1. The van der Waals surface area contributed by atoms with E-state index in [1.54, 1.807) is 19.1 Å². The minimum atomic E-state index is -1.09. The molecule has 2 rings (SSSR count). The van der Waals surface area contributed by atoms with E-state index in [1.165, 1.54) is 12.1 Å². The molecule has 1 amide bonds. The van der Waals surface area contributed by atoms with Gasteiger partial charge in [0.15, 0.2) is 6.10 Å². The molecule has 0 spiro atoms. The van der Waals surface area contributed by atoms with Crippen molar-refractivity contribution < 1.29 is 19.4 Å². The number of aromatic carboxylic acids is 1. The summed E-state index contributed by atoms with van der Waals surface area (Å²) >= 11 is 0. The fourth-order valence-electron chi connectivity index (χ4n) is 1.92. The second kappa shape index (κ2) is 7.26. The lowest BCUT2D eigenvalue weighted by atomic mass is 10.2. The van der Waals surface area contributed by atoms with Crippen LogP contribution in [-0.4, -0.2) is 23.1 Å². The molecule has 2 aromatic carbocycles. The van der Waals surface area contributed by atoms with Gasteiger partial charge in [-0.1, -0.05) is 42.5 Å². The minimum absolute atomic E-state index is 0.0326. The van der Waals surface area contributed by atoms with Crippen molar-refractivity contribution in [3.8, 4) is 5.75 Å². The van der Waals surface area contributed by atoms with Crippen LogP contribution in [0.25, 0.3) is 0 Å². The smallest absolute Gasteiger partial charge is 0.339 e. The molecule has 0 radical (unpaired) electrons. The molecule has 0 saturated heterocycles. The summed E-state index contributed by atoms with van der Waals surface area (Å²) in [5.74, 6) is -1.21. The quantitative estimate of drug-likeness (QED) is 0.859. The third kappa shape index (κ3) is 4.09. The number of carboxylic acid groups (broad SMARTS) is 1. The summed E-state index contributed by atoms with van der Waals surface area (Å²) in [6.45, 7) is 1.98. The SMILES string of the molecule is C[C@@H](Oc1ccccc1C(=O)O)C(=O)NCc1ccccc1. The summed E-state index contributed by atoms with van der Waals surface area (Å²) in [6.07, 6.45) is -0.788. The highest BCUT2D eigenvalue weighted by Gasteiger charge is 2.18. The van der Waals surface area contributed by atoms with Gasteiger partial charge in [0, 0.05) is 6.54 Å². The zero-order chi connectivity index (χ0) is 15.9. The van der Waals surface area contributed by atoms with E-state index in [4.69, 9.17) is 9.84 Å². The number of nitrogens with one attached hydrogen (secondary N) is 1. The molecule has 1 atom stereocenters. The number of para-hydroxylation sites is 1. The highest BCUT2D eigenvalue weighted by molar-refractivity contribution is 5.91. The van der Waals surface area contributed by atoms with Gasteiger partial charge in [-0.2, -0.15) is 0 Å². The summed E-state index contributed by atoms with van der Waals surface area (Å²) in [6, 6.07) is 15.7. The van der Waals surface area contributed by atoms with Gasteiger partial charge in [0.05, 0.1) is 0 Å². The highest BCUT2D eigenvalue weighted by Crippen LogP contribution is 2.19. The van der Waals surface area contributed by atoms with Crippen LogP contribution in [0, 0.1) is 0 Å². The lowest BCUT2D eigenvalue weighted by Crippen LogP contribution is -2.36. The van der Waals surface area contributed by atoms with Gasteiger partial charge < -0.3 is 15.2 Å². The number of carbonyl (C=O) groups excluding carboxylic acids is 1. The van der Waals surface area contributed by atoms with E-state index in [0.29, 0.717) is 6.54 Å². The van der Waals surface area contributed by atoms with Gasteiger partial charge in [-0.05, 0) is 24.6 Å². The van der Waals surface area contributed by atoms with Gasteiger partial charge in [-0.25, -0.2) is 4.79 Å². The molecule has 0 heterocycles. The fraction of sp³-hybridized carbons (Fsp3) is 0.176. The van der Waals surface area contributed by atoms with Crippen LogP contribution in [0.15, 0.2) is 54.6 Å². The first-order valence-electron chi connectivity index (χ1n) is 6.88. The summed E-state index contributed by atoms with van der Waals surface area (Å²) in [7, 11) is 0. The molecule has 0 fully saturated rings. The summed E-state index contributed by atoms with van der Waals surface area (Å²) in [5.41, 5.74) is 1.01. The van der Waals surface area contributed by atoms with Crippen molar-refractivity contribution in [1.82, 2.24) is 5.32 Å². The van der Waals surface area contributed by atoms with Gasteiger partial charge in [0.25, 0.3) is 5.91 Å². The van der Waals surface area contributed by atoms with Crippen LogP contribution < -0.4 is 10.1 Å². The van der Waals surface area contributed by atoms with E-state index >= 15 is 0 Å². The molecule has 114 valence electrons. The van der Waals surface area contributed by atoms with Crippen molar-refractivity contribution in [2.24, 2.45) is 0 Å². The maximum atomic E-state index is 12.0. The molecule has 22 heavy (non-hydrogen) atoms. The zero-order valence-corrected chi connectivity index (χ0v) is 12.2. The van der Waals surface area contributed by atoms with E-state index < -0.39 is 12.1 Å². The molecule has 5 heteroatoms. The summed E-state index contributed by atoms with van der Waals surface area (Å²) < 4.78 is 5.46. The average Bonchev–Trinajstić information content (AvgIpc) is 2.53. The Morgan fingerprint density at radius 1 is 1.09 bits per heavy atom. The van der Waals surface area contributed by atoms with Gasteiger partial charge >= 0.3 is 5.97 Å². The van der Waals surface area contributed by atoms with E-state index in [0.717, 1.165) is 5.56 Å². The molecule has 0 aliphatic carbocycles. The summed E-state index contributed by atoms with van der Waals surface area (Å²) in [4.78, 5) is 23.1. The second-order valence-electron chi connectivity index (χ2n) is 4.76. The molecule has 5 nitrogen and oxygen atoms in total. The van der Waals surface area contributed by atoms with E-state index in [1.807, 2.05) is 30.3 Å². The first-order chi connectivity index (χ1) is 10.6. The van der Waals surface area contributed by atoms with Crippen LogP contribution in [0.3, 0.4) is 0 Å². The van der Waals surface area contributed by atoms with Crippen molar-refractivity contribution in [3.05, 3.63) is 65.7 Å². The standard InChI is InChI=1S/C17H17NO4/c1-12(16(19)18-11-13-7-3-2-4-8-13)22-15-10-6-5-9-14(15)17(20)21/h2-10,12H,11H2,1H3,(H,18,19)(H,20,21)/t12-/m1/s1. The Morgan fingerprint density at radius 2 is 1.73 bits per heavy atom. The molecule has 0 aliphatic heterocycles. The Kier molecular flexibility index (Phi) is 5.14. The Labute approximate surface area is 128 Å². The second-order valence-corrected chi connectivity index (χ2v) is 4.76. The largest absolute Gasteiger partial charge is 0.480 e. The molecular formula is C17H17NO4. The van der Waals surface area contributed by atoms with Crippen LogP contribution in [0.4, 0.5) is 0 Å². The van der Waals surface area contributed by atoms with Crippen LogP contribution in [0.5, 0.6) is 5.75 Å². The Balaban J connectivity index is 1.96. The van der Waals surface area contributed by atoms with E-state index in [9.17, 15) is 9.59 Å². The van der Waals surface area contributed by atoms with Crippen molar-refractivity contribution in [3.63, 3.8) is 0 Å². The predicted octanol–water partition coefficient (Wildman–Crippen LogP) is 2.47. The van der Waals surface area contributed by atoms with Gasteiger partial charge in [-0.15, -0.1) is 0 Å². The van der Waals surface area contributed by atoms with Crippen LogP contribution in [0.1, 0.15) is 22.8 Å². The number of carboxylic acids is 1.